The van der Waals surface area contributed by atoms with E-state index in [1.807, 2.05) is 27.0 Å². The highest BCUT2D eigenvalue weighted by atomic mass is 127. The van der Waals surface area contributed by atoms with Crippen LogP contribution in [-0.4, -0.2) is 50.8 Å². The number of ether oxygens (including phenoxy) is 1. The molecular formula is C13H28IN3O. The normalized spacial score (nSPS) is 11.7. The van der Waals surface area contributed by atoms with E-state index in [1.165, 1.54) is 0 Å². The van der Waals surface area contributed by atoms with Crippen molar-refractivity contribution in [3.63, 3.8) is 0 Å². The van der Waals surface area contributed by atoms with Crippen LogP contribution in [0.5, 0.6) is 0 Å². The molecule has 0 unspecified atom stereocenters. The van der Waals surface area contributed by atoms with Crippen LogP contribution in [0, 0.1) is 0 Å². The van der Waals surface area contributed by atoms with Gasteiger partial charge in [0.1, 0.15) is 0 Å². The Morgan fingerprint density at radius 3 is 2.56 bits per heavy atom. The number of allylic oxidation sites excluding steroid dienone is 1. The van der Waals surface area contributed by atoms with Gasteiger partial charge in [0.2, 0.25) is 0 Å². The van der Waals surface area contributed by atoms with Gasteiger partial charge < -0.3 is 15.0 Å². The fourth-order valence-corrected chi connectivity index (χ4v) is 1.33. The molecule has 0 saturated heterocycles. The van der Waals surface area contributed by atoms with Crippen LogP contribution >= 0.6 is 24.0 Å². The van der Waals surface area contributed by atoms with E-state index in [0.717, 1.165) is 31.9 Å². The van der Waals surface area contributed by atoms with Gasteiger partial charge in [-0.1, -0.05) is 6.08 Å². The fraction of sp³-hybridized carbons (Fsp3) is 0.769. The minimum atomic E-state index is -0.183. The van der Waals surface area contributed by atoms with E-state index >= 15 is 0 Å². The number of halogens is 1. The van der Waals surface area contributed by atoms with E-state index in [1.54, 1.807) is 14.2 Å². The summed E-state index contributed by atoms with van der Waals surface area (Å²) >= 11 is 0. The summed E-state index contributed by atoms with van der Waals surface area (Å²) in [5.74, 6) is 0.902. The fourth-order valence-electron chi connectivity index (χ4n) is 1.33. The van der Waals surface area contributed by atoms with Crippen molar-refractivity contribution in [3.05, 3.63) is 12.7 Å². The van der Waals surface area contributed by atoms with E-state index < -0.39 is 0 Å². The molecule has 0 aromatic carbocycles. The lowest BCUT2D eigenvalue weighted by Gasteiger charge is -2.27. The van der Waals surface area contributed by atoms with Crippen molar-refractivity contribution in [1.82, 2.24) is 10.2 Å². The molecule has 0 aliphatic carbocycles. The van der Waals surface area contributed by atoms with E-state index in [9.17, 15) is 0 Å². The van der Waals surface area contributed by atoms with Gasteiger partial charge in [-0.3, -0.25) is 4.99 Å². The Kier molecular flexibility index (Phi) is 11.8. The predicted octanol–water partition coefficient (Wildman–Crippen LogP) is 2.50. The van der Waals surface area contributed by atoms with Crippen molar-refractivity contribution in [2.24, 2.45) is 4.99 Å². The van der Waals surface area contributed by atoms with Gasteiger partial charge >= 0.3 is 0 Å². The molecule has 5 heteroatoms. The summed E-state index contributed by atoms with van der Waals surface area (Å²) in [6, 6.07) is 0. The number of rotatable bonds is 7. The number of aliphatic imine (C=N–C) groups is 1. The second kappa shape index (κ2) is 10.6. The molecule has 1 N–H and O–H groups in total. The maximum atomic E-state index is 5.36. The van der Waals surface area contributed by atoms with E-state index in [-0.39, 0.29) is 29.6 Å². The lowest BCUT2D eigenvalue weighted by atomic mass is 10.1. The highest BCUT2D eigenvalue weighted by Crippen LogP contribution is 2.05. The lowest BCUT2D eigenvalue weighted by Crippen LogP contribution is -2.46. The summed E-state index contributed by atoms with van der Waals surface area (Å²) in [6.45, 7) is 9.52. The summed E-state index contributed by atoms with van der Waals surface area (Å²) in [7, 11) is 5.56. The van der Waals surface area contributed by atoms with E-state index in [2.05, 4.69) is 21.8 Å². The molecule has 0 atom stereocenters. The summed E-state index contributed by atoms with van der Waals surface area (Å²) in [5.41, 5.74) is -0.183. The minimum absolute atomic E-state index is 0. The lowest BCUT2D eigenvalue weighted by molar-refractivity contribution is 0.0264. The van der Waals surface area contributed by atoms with Crippen LogP contribution in [0.4, 0.5) is 0 Å². The largest absolute Gasteiger partial charge is 0.377 e. The SMILES string of the molecule is C=CCCCN(C)C(=NC)NCC(C)(C)OC.I. The van der Waals surface area contributed by atoms with Gasteiger partial charge in [0.25, 0.3) is 0 Å². The van der Waals surface area contributed by atoms with E-state index in [0.29, 0.717) is 0 Å². The molecule has 18 heavy (non-hydrogen) atoms. The Labute approximate surface area is 129 Å². The zero-order chi connectivity index (χ0) is 13.3. The van der Waals surface area contributed by atoms with Crippen LogP contribution in [0.3, 0.4) is 0 Å². The first-order valence-corrected chi connectivity index (χ1v) is 6.04. The Bertz CT molecular complexity index is 255. The number of hydrogen-bond donors (Lipinski definition) is 1. The third kappa shape index (κ3) is 8.74. The van der Waals surface area contributed by atoms with Crippen LogP contribution in [0.1, 0.15) is 26.7 Å². The number of unbranched alkanes of at least 4 members (excludes halogenated alkanes) is 1. The third-order valence-corrected chi connectivity index (χ3v) is 2.70. The van der Waals surface area contributed by atoms with Gasteiger partial charge in [0.15, 0.2) is 5.96 Å². The molecule has 0 bridgehead atoms. The molecular weight excluding hydrogens is 341 g/mol. The van der Waals surface area contributed by atoms with Crippen LogP contribution in [0.2, 0.25) is 0 Å². The molecule has 0 aliphatic heterocycles. The van der Waals surface area contributed by atoms with Gasteiger partial charge in [0, 0.05) is 34.3 Å². The quantitative estimate of drug-likeness (QED) is 0.246. The molecule has 0 saturated carbocycles. The van der Waals surface area contributed by atoms with Crippen molar-refractivity contribution in [1.29, 1.82) is 0 Å². The Hall–Kier alpha value is -0.300. The highest BCUT2D eigenvalue weighted by Gasteiger charge is 2.17. The number of guanidine groups is 1. The van der Waals surface area contributed by atoms with Gasteiger partial charge in [-0.05, 0) is 26.7 Å². The molecule has 0 aliphatic rings. The van der Waals surface area contributed by atoms with E-state index in [4.69, 9.17) is 4.74 Å². The van der Waals surface area contributed by atoms with Crippen molar-refractivity contribution >= 4 is 29.9 Å². The monoisotopic (exact) mass is 369 g/mol. The Morgan fingerprint density at radius 1 is 1.50 bits per heavy atom. The second-order valence-corrected chi connectivity index (χ2v) is 4.72. The summed E-state index contributed by atoms with van der Waals surface area (Å²) in [5, 5.41) is 3.31. The van der Waals surface area contributed by atoms with Gasteiger partial charge in [-0.2, -0.15) is 0 Å². The van der Waals surface area contributed by atoms with Gasteiger partial charge in [-0.25, -0.2) is 0 Å². The molecule has 0 radical (unpaired) electrons. The maximum Gasteiger partial charge on any atom is 0.193 e. The van der Waals surface area contributed by atoms with Crippen LogP contribution < -0.4 is 5.32 Å². The first-order valence-electron chi connectivity index (χ1n) is 6.04. The highest BCUT2D eigenvalue weighted by molar-refractivity contribution is 14.0. The number of hydrogen-bond acceptors (Lipinski definition) is 2. The first kappa shape index (κ1) is 20.0. The zero-order valence-electron chi connectivity index (χ0n) is 12.3. The molecule has 0 spiro atoms. The molecule has 0 heterocycles. The Balaban J connectivity index is 0. The second-order valence-electron chi connectivity index (χ2n) is 4.72. The predicted molar refractivity (Wildman–Crippen MR) is 89.9 cm³/mol. The van der Waals surface area contributed by atoms with Gasteiger partial charge in [0.05, 0.1) is 5.60 Å². The Morgan fingerprint density at radius 2 is 2.11 bits per heavy atom. The summed E-state index contributed by atoms with van der Waals surface area (Å²) in [4.78, 5) is 6.37. The molecule has 108 valence electrons. The molecule has 0 amide bonds. The smallest absolute Gasteiger partial charge is 0.193 e. The van der Waals surface area contributed by atoms with Crippen LogP contribution in [0.15, 0.2) is 17.6 Å². The number of methoxy groups -OCH3 is 1. The summed E-state index contributed by atoms with van der Waals surface area (Å²) < 4.78 is 5.36. The minimum Gasteiger partial charge on any atom is -0.377 e. The topological polar surface area (TPSA) is 36.9 Å². The summed E-state index contributed by atoms with van der Waals surface area (Å²) in [6.07, 6.45) is 4.07. The van der Waals surface area contributed by atoms with Crippen molar-refractivity contribution in [2.45, 2.75) is 32.3 Å². The third-order valence-electron chi connectivity index (χ3n) is 2.70. The van der Waals surface area contributed by atoms with Crippen molar-refractivity contribution in [3.8, 4) is 0 Å². The molecule has 0 aromatic rings. The zero-order valence-corrected chi connectivity index (χ0v) is 14.7. The van der Waals surface area contributed by atoms with Crippen molar-refractivity contribution < 1.29 is 4.74 Å². The molecule has 0 rings (SSSR count). The van der Waals surface area contributed by atoms with Crippen LogP contribution in [-0.2, 0) is 4.74 Å². The standard InChI is InChI=1S/C13H27N3O.HI/c1-7-8-9-10-16(5)12(14-4)15-11-13(2,3)17-6;/h7H,1,8-11H2,2-6H3,(H,14,15);1H. The van der Waals surface area contributed by atoms with Crippen LogP contribution in [0.25, 0.3) is 0 Å². The number of nitrogens with zero attached hydrogens (tertiary/aromatic N) is 2. The maximum absolute atomic E-state index is 5.36. The molecule has 0 fully saturated rings. The van der Waals surface area contributed by atoms with Crippen molar-refractivity contribution in [2.75, 3.05) is 34.3 Å². The molecule has 4 nitrogen and oxygen atoms in total. The van der Waals surface area contributed by atoms with Gasteiger partial charge in [-0.15, -0.1) is 30.6 Å². The molecule has 0 aromatic heterocycles. The average molecular weight is 369 g/mol. The first-order chi connectivity index (χ1) is 7.96. The average Bonchev–Trinajstić information content (AvgIpc) is 2.30. The number of nitrogens with one attached hydrogen (secondary N) is 1.